The Labute approximate surface area is 110 Å². The summed E-state index contributed by atoms with van der Waals surface area (Å²) in [5.41, 5.74) is 7.54. The molecule has 1 aromatic heterocycles. The molecule has 0 spiro atoms. The number of hydrogen-bond acceptors (Lipinski definition) is 2. The smallest absolute Gasteiger partial charge is 0.169 e. The first-order valence-corrected chi connectivity index (χ1v) is 6.57. The summed E-state index contributed by atoms with van der Waals surface area (Å²) >= 11 is 3.31. The van der Waals surface area contributed by atoms with E-state index in [1.165, 1.54) is 5.56 Å². The number of nitrogens with two attached hydrogens (primary N) is 1. The van der Waals surface area contributed by atoms with Crippen molar-refractivity contribution in [2.24, 2.45) is 5.73 Å². The Morgan fingerprint density at radius 1 is 1.18 bits per heavy atom. The maximum atomic E-state index is 6.28. The van der Waals surface area contributed by atoms with Crippen molar-refractivity contribution in [2.45, 2.75) is 25.3 Å². The summed E-state index contributed by atoms with van der Waals surface area (Å²) in [6.45, 7) is 2.15. The molecule has 17 heavy (non-hydrogen) atoms. The van der Waals surface area contributed by atoms with E-state index in [4.69, 9.17) is 10.2 Å². The lowest BCUT2D eigenvalue weighted by Gasteiger charge is -2.21. The molecule has 2 atom stereocenters. The third-order valence-electron chi connectivity index (χ3n) is 3.02. The maximum absolute atomic E-state index is 6.28. The minimum Gasteiger partial charge on any atom is -0.453 e. The second-order valence-electron chi connectivity index (χ2n) is 4.09. The molecule has 90 valence electrons. The van der Waals surface area contributed by atoms with Crippen molar-refractivity contribution in [2.75, 3.05) is 0 Å². The molecule has 2 aromatic rings. The predicted octanol–water partition coefficient (Wildman–Crippen LogP) is 4.24. The highest BCUT2D eigenvalue weighted by atomic mass is 79.9. The molecule has 2 rings (SSSR count). The Balaban J connectivity index is 2.25. The minimum absolute atomic E-state index is 0.103. The van der Waals surface area contributed by atoms with Gasteiger partial charge in [-0.15, -0.1) is 0 Å². The van der Waals surface area contributed by atoms with Gasteiger partial charge in [0.15, 0.2) is 4.67 Å². The Bertz CT molecular complexity index is 466. The van der Waals surface area contributed by atoms with E-state index < -0.39 is 0 Å². The molecule has 2 N–H and O–H groups in total. The third kappa shape index (κ3) is 2.79. The van der Waals surface area contributed by atoms with Gasteiger partial charge in [-0.05, 0) is 40.0 Å². The van der Waals surface area contributed by atoms with Gasteiger partial charge >= 0.3 is 0 Å². The van der Waals surface area contributed by atoms with Crippen LogP contribution in [0.3, 0.4) is 0 Å². The molecule has 2 nitrogen and oxygen atoms in total. The lowest BCUT2D eigenvalue weighted by atomic mass is 9.88. The van der Waals surface area contributed by atoms with Gasteiger partial charge < -0.3 is 10.2 Å². The van der Waals surface area contributed by atoms with Crippen molar-refractivity contribution < 1.29 is 4.42 Å². The molecule has 0 radical (unpaired) electrons. The zero-order valence-electron chi connectivity index (χ0n) is 9.77. The van der Waals surface area contributed by atoms with Crippen molar-refractivity contribution >= 4 is 15.9 Å². The molecule has 1 heterocycles. The number of benzene rings is 1. The second-order valence-corrected chi connectivity index (χ2v) is 4.87. The fraction of sp³-hybridized carbons (Fsp3) is 0.286. The average Bonchev–Trinajstić information content (AvgIpc) is 2.78. The molecule has 0 bridgehead atoms. The molecule has 0 fully saturated rings. The van der Waals surface area contributed by atoms with E-state index in [2.05, 4.69) is 35.0 Å². The van der Waals surface area contributed by atoms with E-state index in [1.54, 1.807) is 0 Å². The van der Waals surface area contributed by atoms with Crippen LogP contribution in [0.5, 0.6) is 0 Å². The van der Waals surface area contributed by atoms with Crippen molar-refractivity contribution in [3.05, 3.63) is 58.5 Å². The topological polar surface area (TPSA) is 39.2 Å². The number of rotatable bonds is 4. The number of hydrogen-bond donors (Lipinski definition) is 1. The first-order valence-electron chi connectivity index (χ1n) is 5.78. The first-order chi connectivity index (χ1) is 8.22. The largest absolute Gasteiger partial charge is 0.453 e. The molecule has 0 aliphatic heterocycles. The monoisotopic (exact) mass is 293 g/mol. The molecule has 1 aromatic carbocycles. The van der Waals surface area contributed by atoms with Crippen LogP contribution in [0.1, 0.15) is 36.6 Å². The van der Waals surface area contributed by atoms with Crippen LogP contribution in [-0.2, 0) is 0 Å². The molecule has 0 saturated heterocycles. The van der Waals surface area contributed by atoms with Crippen molar-refractivity contribution in [1.82, 2.24) is 0 Å². The SMILES string of the molecule is CCC(c1ccccc1)C(N)c1ccc(Br)o1. The third-order valence-corrected chi connectivity index (χ3v) is 3.45. The number of furan rings is 1. The standard InChI is InChI=1S/C14H16BrNO/c1-2-11(10-6-4-3-5-7-10)14(16)12-8-9-13(15)17-12/h3-9,11,14H,2,16H2,1H3. The van der Waals surface area contributed by atoms with Crippen molar-refractivity contribution in [1.29, 1.82) is 0 Å². The summed E-state index contributed by atoms with van der Waals surface area (Å²) in [6.07, 6.45) is 0.990. The normalized spacial score (nSPS) is 14.5. The summed E-state index contributed by atoms with van der Waals surface area (Å²) in [4.78, 5) is 0. The van der Waals surface area contributed by atoms with Crippen LogP contribution in [0.15, 0.2) is 51.6 Å². The van der Waals surface area contributed by atoms with Gasteiger partial charge in [-0.3, -0.25) is 0 Å². The van der Waals surface area contributed by atoms with Gasteiger partial charge in [-0.1, -0.05) is 37.3 Å². The summed E-state index contributed by atoms with van der Waals surface area (Å²) in [5, 5.41) is 0. The van der Waals surface area contributed by atoms with E-state index in [1.807, 2.05) is 30.3 Å². The molecule has 2 unspecified atom stereocenters. The fourth-order valence-corrected chi connectivity index (χ4v) is 2.42. The van der Waals surface area contributed by atoms with E-state index in [9.17, 15) is 0 Å². The van der Waals surface area contributed by atoms with Gasteiger partial charge in [0, 0.05) is 5.92 Å². The van der Waals surface area contributed by atoms with Crippen LogP contribution in [0.25, 0.3) is 0 Å². The summed E-state index contributed by atoms with van der Waals surface area (Å²) in [7, 11) is 0. The van der Waals surface area contributed by atoms with Crippen LogP contribution < -0.4 is 5.73 Å². The zero-order chi connectivity index (χ0) is 12.3. The summed E-state index contributed by atoms with van der Waals surface area (Å²) < 4.78 is 6.27. The van der Waals surface area contributed by atoms with Crippen molar-refractivity contribution in [3.8, 4) is 0 Å². The maximum Gasteiger partial charge on any atom is 0.169 e. The van der Waals surface area contributed by atoms with Gasteiger partial charge in [-0.25, -0.2) is 0 Å². The van der Waals surface area contributed by atoms with Crippen LogP contribution in [0.2, 0.25) is 0 Å². The van der Waals surface area contributed by atoms with Gasteiger partial charge in [-0.2, -0.15) is 0 Å². The highest BCUT2D eigenvalue weighted by Crippen LogP contribution is 2.33. The van der Waals surface area contributed by atoms with Gasteiger partial charge in [0.05, 0.1) is 6.04 Å². The van der Waals surface area contributed by atoms with Gasteiger partial charge in [0.2, 0.25) is 0 Å². The lowest BCUT2D eigenvalue weighted by molar-refractivity contribution is 0.407. The highest BCUT2D eigenvalue weighted by molar-refractivity contribution is 9.10. The molecule has 3 heteroatoms. The summed E-state index contributed by atoms with van der Waals surface area (Å²) in [6, 6.07) is 14.1. The van der Waals surface area contributed by atoms with Crippen LogP contribution in [0.4, 0.5) is 0 Å². The van der Waals surface area contributed by atoms with E-state index in [-0.39, 0.29) is 12.0 Å². The Hall–Kier alpha value is -1.06. The van der Waals surface area contributed by atoms with E-state index in [0.717, 1.165) is 16.9 Å². The molecule has 0 aliphatic carbocycles. The fourth-order valence-electron chi connectivity index (χ4n) is 2.10. The van der Waals surface area contributed by atoms with Crippen LogP contribution >= 0.6 is 15.9 Å². The van der Waals surface area contributed by atoms with Crippen LogP contribution in [0, 0.1) is 0 Å². The highest BCUT2D eigenvalue weighted by Gasteiger charge is 2.22. The van der Waals surface area contributed by atoms with Gasteiger partial charge in [0.1, 0.15) is 5.76 Å². The second kappa shape index (κ2) is 5.52. The Morgan fingerprint density at radius 3 is 2.41 bits per heavy atom. The van der Waals surface area contributed by atoms with Crippen molar-refractivity contribution in [3.63, 3.8) is 0 Å². The molecular formula is C14H16BrNO. The molecule has 0 amide bonds. The quantitative estimate of drug-likeness (QED) is 0.916. The van der Waals surface area contributed by atoms with Gasteiger partial charge in [0.25, 0.3) is 0 Å². The van der Waals surface area contributed by atoms with Crippen LogP contribution in [-0.4, -0.2) is 0 Å². The average molecular weight is 294 g/mol. The first kappa shape index (κ1) is 12.4. The zero-order valence-corrected chi connectivity index (χ0v) is 11.4. The number of halogens is 1. The van der Waals surface area contributed by atoms with E-state index in [0.29, 0.717) is 0 Å². The summed E-state index contributed by atoms with van der Waals surface area (Å²) in [5.74, 6) is 1.11. The molecule has 0 saturated carbocycles. The Kier molecular flexibility index (Phi) is 4.02. The molecule has 0 aliphatic rings. The minimum atomic E-state index is -0.103. The molecular weight excluding hydrogens is 278 g/mol. The predicted molar refractivity (Wildman–Crippen MR) is 72.8 cm³/mol. The van der Waals surface area contributed by atoms with E-state index >= 15 is 0 Å². The lowest BCUT2D eigenvalue weighted by Crippen LogP contribution is -2.18. The Morgan fingerprint density at radius 2 is 1.88 bits per heavy atom.